The molecule has 1 aliphatic rings. The summed E-state index contributed by atoms with van der Waals surface area (Å²) in [5.74, 6) is 1.76. The van der Waals surface area contributed by atoms with E-state index in [1.54, 1.807) is 0 Å². The first-order valence-electron chi connectivity index (χ1n) is 8.28. The monoisotopic (exact) mass is 287 g/mol. The summed E-state index contributed by atoms with van der Waals surface area (Å²) in [7, 11) is 0. The van der Waals surface area contributed by atoms with Gasteiger partial charge >= 0.3 is 0 Å². The van der Waals surface area contributed by atoms with Gasteiger partial charge in [0.25, 0.3) is 0 Å². The predicted octanol–water partition coefficient (Wildman–Crippen LogP) is 4.15. The summed E-state index contributed by atoms with van der Waals surface area (Å²) in [5.41, 5.74) is 1.33. The molecule has 1 aliphatic carbocycles. The fourth-order valence-corrected chi connectivity index (χ4v) is 3.50. The second kappa shape index (κ2) is 7.22. The molecule has 116 valence electrons. The van der Waals surface area contributed by atoms with E-state index >= 15 is 0 Å². The molecule has 21 heavy (non-hydrogen) atoms. The number of carbonyl (C=O) groups excluding carboxylic acids is 1. The van der Waals surface area contributed by atoms with E-state index in [0.717, 1.165) is 19.5 Å². The van der Waals surface area contributed by atoms with Gasteiger partial charge in [-0.05, 0) is 37.7 Å². The second-order valence-electron chi connectivity index (χ2n) is 7.10. The Hall–Kier alpha value is -1.15. The lowest BCUT2D eigenvalue weighted by molar-refractivity contribution is -0.129. The van der Waals surface area contributed by atoms with Gasteiger partial charge in [-0.15, -0.1) is 0 Å². The number of hydrogen-bond donors (Lipinski definition) is 0. The number of ketones is 1. The first kappa shape index (κ1) is 16.2. The highest BCUT2D eigenvalue weighted by molar-refractivity contribution is 5.82. The Bertz CT molecular complexity index is 454. The third-order valence-corrected chi connectivity index (χ3v) is 4.81. The molecule has 3 atom stereocenters. The lowest BCUT2D eigenvalue weighted by atomic mass is 9.74. The van der Waals surface area contributed by atoms with Crippen LogP contribution in [0, 0.1) is 17.8 Å². The van der Waals surface area contributed by atoms with Crippen LogP contribution in [0.5, 0.6) is 0 Å². The third kappa shape index (κ3) is 4.41. The van der Waals surface area contributed by atoms with Crippen molar-refractivity contribution in [2.45, 2.75) is 53.1 Å². The number of hydrogen-bond acceptors (Lipinski definition) is 2. The van der Waals surface area contributed by atoms with E-state index in [4.69, 9.17) is 0 Å². The quantitative estimate of drug-likeness (QED) is 0.811. The van der Waals surface area contributed by atoms with E-state index < -0.39 is 0 Å². The third-order valence-electron chi connectivity index (χ3n) is 4.81. The number of carbonyl (C=O) groups is 1. The Balaban J connectivity index is 2.04. The average molecular weight is 287 g/mol. The maximum atomic E-state index is 12.4. The summed E-state index contributed by atoms with van der Waals surface area (Å²) in [6.45, 7) is 10.7. The van der Waals surface area contributed by atoms with Crippen molar-refractivity contribution in [3.05, 3.63) is 35.9 Å². The van der Waals surface area contributed by atoms with Crippen molar-refractivity contribution in [1.29, 1.82) is 0 Å². The molecular formula is C19H29NO. The first-order chi connectivity index (χ1) is 9.97. The van der Waals surface area contributed by atoms with Crippen LogP contribution in [0.2, 0.25) is 0 Å². The molecule has 0 saturated heterocycles. The molecule has 0 spiro atoms. The minimum absolute atomic E-state index is 0.215. The zero-order valence-electron chi connectivity index (χ0n) is 13.9. The van der Waals surface area contributed by atoms with Gasteiger partial charge < -0.3 is 0 Å². The Morgan fingerprint density at radius 1 is 1.19 bits per heavy atom. The van der Waals surface area contributed by atoms with Gasteiger partial charge in [-0.3, -0.25) is 9.69 Å². The highest BCUT2D eigenvalue weighted by Gasteiger charge is 2.33. The predicted molar refractivity (Wildman–Crippen MR) is 88.0 cm³/mol. The van der Waals surface area contributed by atoms with Crippen LogP contribution in [-0.2, 0) is 11.3 Å². The van der Waals surface area contributed by atoms with Crippen molar-refractivity contribution in [2.75, 3.05) is 6.54 Å². The standard InChI is InChI=1S/C19H29NO/c1-14(2)20(12-17-8-6-5-7-9-17)13-18-16(4)10-15(3)11-19(18)21/h5-9,14-16,18H,10-13H2,1-4H3. The summed E-state index contributed by atoms with van der Waals surface area (Å²) in [6, 6.07) is 11.0. The summed E-state index contributed by atoms with van der Waals surface area (Å²) in [5, 5.41) is 0. The summed E-state index contributed by atoms with van der Waals surface area (Å²) in [4.78, 5) is 14.8. The largest absolute Gasteiger partial charge is 0.299 e. The molecule has 0 bridgehead atoms. The minimum atomic E-state index is 0.215. The fourth-order valence-electron chi connectivity index (χ4n) is 3.50. The normalized spacial score (nSPS) is 26.6. The zero-order chi connectivity index (χ0) is 15.4. The summed E-state index contributed by atoms with van der Waals surface area (Å²) < 4.78 is 0. The van der Waals surface area contributed by atoms with Gasteiger partial charge in [-0.1, -0.05) is 44.2 Å². The number of rotatable bonds is 5. The molecule has 2 heteroatoms. The molecule has 0 radical (unpaired) electrons. The van der Waals surface area contributed by atoms with Crippen molar-refractivity contribution in [3.63, 3.8) is 0 Å². The Morgan fingerprint density at radius 3 is 2.43 bits per heavy atom. The van der Waals surface area contributed by atoms with E-state index in [2.05, 4.69) is 62.9 Å². The van der Waals surface area contributed by atoms with Crippen LogP contribution < -0.4 is 0 Å². The molecule has 0 amide bonds. The van der Waals surface area contributed by atoms with E-state index in [1.807, 2.05) is 0 Å². The SMILES string of the molecule is CC1CC(=O)C(CN(Cc2ccccc2)C(C)C)C(C)C1. The van der Waals surface area contributed by atoms with Gasteiger partial charge in [-0.25, -0.2) is 0 Å². The molecule has 0 aromatic heterocycles. The lowest BCUT2D eigenvalue weighted by Crippen LogP contribution is -2.42. The lowest BCUT2D eigenvalue weighted by Gasteiger charge is -2.36. The highest BCUT2D eigenvalue weighted by atomic mass is 16.1. The Morgan fingerprint density at radius 2 is 1.86 bits per heavy atom. The van der Waals surface area contributed by atoms with Crippen molar-refractivity contribution in [3.8, 4) is 0 Å². The number of nitrogens with zero attached hydrogens (tertiary/aromatic N) is 1. The van der Waals surface area contributed by atoms with E-state index in [9.17, 15) is 4.79 Å². The van der Waals surface area contributed by atoms with E-state index in [-0.39, 0.29) is 5.92 Å². The number of benzene rings is 1. The van der Waals surface area contributed by atoms with E-state index in [0.29, 0.717) is 23.7 Å². The van der Waals surface area contributed by atoms with Crippen LogP contribution in [0.15, 0.2) is 30.3 Å². The molecule has 3 unspecified atom stereocenters. The van der Waals surface area contributed by atoms with Crippen molar-refractivity contribution in [1.82, 2.24) is 4.90 Å². The van der Waals surface area contributed by atoms with Crippen LogP contribution in [0.25, 0.3) is 0 Å². The molecule has 1 aromatic carbocycles. The van der Waals surface area contributed by atoms with Crippen LogP contribution in [-0.4, -0.2) is 23.3 Å². The molecule has 2 rings (SSSR count). The van der Waals surface area contributed by atoms with Crippen LogP contribution in [0.4, 0.5) is 0 Å². The highest BCUT2D eigenvalue weighted by Crippen LogP contribution is 2.32. The van der Waals surface area contributed by atoms with Crippen LogP contribution in [0.3, 0.4) is 0 Å². The summed E-state index contributed by atoms with van der Waals surface area (Å²) >= 11 is 0. The van der Waals surface area contributed by atoms with Gasteiger partial charge in [-0.2, -0.15) is 0 Å². The van der Waals surface area contributed by atoms with Gasteiger partial charge in [0.05, 0.1) is 0 Å². The van der Waals surface area contributed by atoms with Crippen molar-refractivity contribution in [2.24, 2.45) is 17.8 Å². The summed E-state index contributed by atoms with van der Waals surface area (Å²) in [6.07, 6.45) is 1.96. The molecular weight excluding hydrogens is 258 g/mol. The molecule has 1 saturated carbocycles. The maximum absolute atomic E-state index is 12.4. The Labute approximate surface area is 129 Å². The zero-order valence-corrected chi connectivity index (χ0v) is 13.9. The van der Waals surface area contributed by atoms with Crippen molar-refractivity contribution >= 4 is 5.78 Å². The van der Waals surface area contributed by atoms with Crippen LogP contribution in [0.1, 0.15) is 46.1 Å². The van der Waals surface area contributed by atoms with Gasteiger partial charge in [0.1, 0.15) is 5.78 Å². The molecule has 1 aromatic rings. The smallest absolute Gasteiger partial charge is 0.137 e. The topological polar surface area (TPSA) is 20.3 Å². The first-order valence-corrected chi connectivity index (χ1v) is 8.28. The van der Waals surface area contributed by atoms with E-state index in [1.165, 1.54) is 12.0 Å². The second-order valence-corrected chi connectivity index (χ2v) is 7.10. The van der Waals surface area contributed by atoms with Crippen LogP contribution >= 0.6 is 0 Å². The van der Waals surface area contributed by atoms with Gasteiger partial charge in [0, 0.05) is 31.5 Å². The molecule has 2 nitrogen and oxygen atoms in total. The van der Waals surface area contributed by atoms with Gasteiger partial charge in [0.15, 0.2) is 0 Å². The fraction of sp³-hybridized carbons (Fsp3) is 0.632. The maximum Gasteiger partial charge on any atom is 0.137 e. The molecule has 0 aliphatic heterocycles. The average Bonchev–Trinajstić information content (AvgIpc) is 2.42. The van der Waals surface area contributed by atoms with Gasteiger partial charge in [0.2, 0.25) is 0 Å². The van der Waals surface area contributed by atoms with Crippen molar-refractivity contribution < 1.29 is 4.79 Å². The molecule has 0 heterocycles. The minimum Gasteiger partial charge on any atom is -0.299 e. The number of Topliss-reactive ketones (excluding diaryl/α,β-unsaturated/α-hetero) is 1. The Kier molecular flexibility index (Phi) is 5.58. The molecule has 0 N–H and O–H groups in total. The molecule has 1 fully saturated rings.